The average Bonchev–Trinajstić information content (AvgIpc) is 3.51. The van der Waals surface area contributed by atoms with Gasteiger partial charge in [0.1, 0.15) is 18.3 Å². The summed E-state index contributed by atoms with van der Waals surface area (Å²) in [4.78, 5) is 0. The molecule has 0 radical (unpaired) electrons. The normalized spacial score (nSPS) is 48.7. The Morgan fingerprint density at radius 1 is 0.698 bits per heavy atom. The van der Waals surface area contributed by atoms with Crippen LogP contribution < -0.4 is 0 Å². The highest BCUT2D eigenvalue weighted by atomic mass is 16.8. The fourth-order valence-corrected chi connectivity index (χ4v) is 14.1. The molecule has 4 unspecified atom stereocenters. The Labute approximate surface area is 374 Å². The van der Waals surface area contributed by atoms with Crippen LogP contribution in [0, 0.1) is 45.3 Å². The molecule has 15 nitrogen and oxygen atoms in total. The van der Waals surface area contributed by atoms with Crippen LogP contribution in [0.5, 0.6) is 0 Å². The second kappa shape index (κ2) is 18.9. The molecule has 0 aromatic heterocycles. The van der Waals surface area contributed by atoms with Gasteiger partial charge in [0.05, 0.1) is 74.3 Å². The molecule has 63 heavy (non-hydrogen) atoms. The fourth-order valence-electron chi connectivity index (χ4n) is 14.1. The van der Waals surface area contributed by atoms with Crippen molar-refractivity contribution in [2.45, 2.75) is 224 Å². The first-order chi connectivity index (χ1) is 29.5. The van der Waals surface area contributed by atoms with Gasteiger partial charge in [-0.1, -0.05) is 53.2 Å². The zero-order chi connectivity index (χ0) is 46.0. The second-order valence-corrected chi connectivity index (χ2v) is 22.7. The minimum absolute atomic E-state index is 0.0183. The first kappa shape index (κ1) is 50.0. The summed E-state index contributed by atoms with van der Waals surface area (Å²) >= 11 is 0. The summed E-state index contributed by atoms with van der Waals surface area (Å²) in [5, 5.41) is 94.7. The number of allylic oxidation sites excluding steroid dienone is 1. The quantitative estimate of drug-likeness (QED) is 0.114. The van der Waals surface area contributed by atoms with Crippen LogP contribution in [-0.2, 0) is 28.4 Å². The van der Waals surface area contributed by atoms with Crippen molar-refractivity contribution in [3.8, 4) is 0 Å². The molecule has 21 atom stereocenters. The molecule has 15 heteroatoms. The lowest BCUT2D eigenvalue weighted by atomic mass is 9.39. The largest absolute Gasteiger partial charge is 0.394 e. The van der Waals surface area contributed by atoms with E-state index in [1.54, 1.807) is 13.8 Å². The maximum absolute atomic E-state index is 11.5. The minimum atomic E-state index is -1.44. The van der Waals surface area contributed by atoms with E-state index in [-0.39, 0.29) is 60.2 Å². The van der Waals surface area contributed by atoms with Crippen molar-refractivity contribution in [2.24, 2.45) is 45.3 Å². The maximum atomic E-state index is 11.5. The van der Waals surface area contributed by atoms with Gasteiger partial charge < -0.3 is 74.4 Å². The fraction of sp³-hybridized carbons (Fsp3) is 0.958. The molecular weight excluding hydrogens is 817 g/mol. The Balaban J connectivity index is 1.03. The summed E-state index contributed by atoms with van der Waals surface area (Å²) < 4.78 is 36.9. The number of aliphatic hydroxyl groups excluding tert-OH is 8. The van der Waals surface area contributed by atoms with Gasteiger partial charge in [-0.3, -0.25) is 0 Å². The lowest BCUT2D eigenvalue weighted by molar-refractivity contribution is -0.355. The van der Waals surface area contributed by atoms with E-state index in [1.165, 1.54) is 5.57 Å². The van der Waals surface area contributed by atoms with E-state index < -0.39 is 92.1 Å². The third-order valence-corrected chi connectivity index (χ3v) is 18.2. The van der Waals surface area contributed by atoms with Crippen LogP contribution in [-0.4, -0.2) is 157 Å². The number of hydrogen-bond acceptors (Lipinski definition) is 15. The van der Waals surface area contributed by atoms with Crippen molar-refractivity contribution in [1.82, 2.24) is 0 Å². The number of aliphatic hydroxyl groups is 9. The van der Waals surface area contributed by atoms with E-state index in [2.05, 4.69) is 47.6 Å². The van der Waals surface area contributed by atoms with Crippen LogP contribution in [0.3, 0.4) is 0 Å². The van der Waals surface area contributed by atoms with Crippen molar-refractivity contribution in [3.63, 3.8) is 0 Å². The van der Waals surface area contributed by atoms with Crippen LogP contribution in [0.1, 0.15) is 132 Å². The van der Waals surface area contributed by atoms with Crippen molar-refractivity contribution >= 4 is 0 Å². The molecule has 0 aromatic carbocycles. The molecule has 4 aliphatic carbocycles. The van der Waals surface area contributed by atoms with E-state index in [0.717, 1.165) is 51.4 Å². The summed E-state index contributed by atoms with van der Waals surface area (Å²) in [6.07, 6.45) is -2.67. The van der Waals surface area contributed by atoms with Crippen molar-refractivity contribution in [3.05, 3.63) is 11.6 Å². The van der Waals surface area contributed by atoms with E-state index in [9.17, 15) is 46.0 Å². The molecule has 7 rings (SSSR count). The zero-order valence-electron chi connectivity index (χ0n) is 39.1. The predicted molar refractivity (Wildman–Crippen MR) is 229 cm³/mol. The molecule has 0 aromatic rings. The monoisotopic (exact) mass is 899 g/mol. The standard InChI is InChI=1S/C48H82O15/c1-25(9-13-37(45(4,5)57)62-43-40(34(54)21-28(24-51)60-43)63-42-39(56)33(53)20-27(23-50)59-42)29-15-16-48(8)35-12-10-30-31(46(35,6)17-18-47(29,48)7)11-14-36(44(30,2)3)61-41-38(55)32(52)19-26(22-49)58-41/h10,25-29,31-43,49-57H,9,11-24H2,1-8H3/t25-,26+,27+,28+,29?,31?,32+,33+,34+,35?,36+,37-,38-,39-,40?,41+,42+,43+,46+,47-,48+/m1/s1. The van der Waals surface area contributed by atoms with E-state index in [4.69, 9.17) is 28.4 Å². The Morgan fingerprint density at radius 3 is 1.83 bits per heavy atom. The van der Waals surface area contributed by atoms with Gasteiger partial charge >= 0.3 is 0 Å². The summed E-state index contributed by atoms with van der Waals surface area (Å²) in [7, 11) is 0. The van der Waals surface area contributed by atoms with Gasteiger partial charge in [-0.25, -0.2) is 0 Å². The topological polar surface area (TPSA) is 237 Å². The second-order valence-electron chi connectivity index (χ2n) is 22.7. The van der Waals surface area contributed by atoms with Crippen LogP contribution in [0.2, 0.25) is 0 Å². The summed E-state index contributed by atoms with van der Waals surface area (Å²) in [6, 6.07) is 0. The Kier molecular flexibility index (Phi) is 15.0. The van der Waals surface area contributed by atoms with Gasteiger partial charge in [0.15, 0.2) is 18.9 Å². The van der Waals surface area contributed by atoms with Gasteiger partial charge in [0.2, 0.25) is 0 Å². The van der Waals surface area contributed by atoms with Gasteiger partial charge in [0.25, 0.3) is 0 Å². The molecule has 0 spiro atoms. The molecule has 6 fully saturated rings. The highest BCUT2D eigenvalue weighted by Crippen LogP contribution is 2.75. The molecule has 3 saturated heterocycles. The van der Waals surface area contributed by atoms with E-state index in [1.807, 2.05) is 0 Å². The summed E-state index contributed by atoms with van der Waals surface area (Å²) in [6.45, 7) is 16.8. The van der Waals surface area contributed by atoms with Crippen LogP contribution >= 0.6 is 0 Å². The molecule has 3 saturated carbocycles. The Bertz CT molecular complexity index is 1570. The number of hydrogen-bond donors (Lipinski definition) is 9. The van der Waals surface area contributed by atoms with Gasteiger partial charge in [0, 0.05) is 24.7 Å². The third kappa shape index (κ3) is 9.24. The van der Waals surface area contributed by atoms with Crippen molar-refractivity contribution < 1.29 is 74.4 Å². The molecule has 3 heterocycles. The number of ether oxygens (including phenoxy) is 6. The highest BCUT2D eigenvalue weighted by molar-refractivity contribution is 5.30. The van der Waals surface area contributed by atoms with Crippen LogP contribution in [0.15, 0.2) is 11.6 Å². The maximum Gasteiger partial charge on any atom is 0.187 e. The van der Waals surface area contributed by atoms with Gasteiger partial charge in [-0.2, -0.15) is 0 Å². The SMILES string of the molecule is C[C@H](CC[C@@H](O[C@@H]1O[C@H](CO)C[C@H](O)C1O[C@@H]1O[C@H](CO)C[C@H](O)[C@H]1O)C(C)(C)O)C1CC[C@@]2(C)C3CC=C4C(CC[C@H](O[C@@H]5O[C@H](CO)C[C@H](O)[C@H]5O)C4(C)C)[C@]3(C)CC[C@]12C. The van der Waals surface area contributed by atoms with Gasteiger partial charge in [-0.05, 0) is 112 Å². The lowest BCUT2D eigenvalue weighted by Gasteiger charge is -2.66. The van der Waals surface area contributed by atoms with Crippen LogP contribution in [0.4, 0.5) is 0 Å². The molecule has 0 amide bonds. The Morgan fingerprint density at radius 2 is 1.25 bits per heavy atom. The van der Waals surface area contributed by atoms with Crippen molar-refractivity contribution in [1.29, 1.82) is 0 Å². The first-order valence-corrected chi connectivity index (χ1v) is 24.1. The molecule has 0 bridgehead atoms. The summed E-state index contributed by atoms with van der Waals surface area (Å²) in [5.74, 6) is 1.63. The highest BCUT2D eigenvalue weighted by Gasteiger charge is 2.67. The van der Waals surface area contributed by atoms with Gasteiger partial charge in [-0.15, -0.1) is 0 Å². The van der Waals surface area contributed by atoms with E-state index >= 15 is 0 Å². The predicted octanol–water partition coefficient (Wildman–Crippen LogP) is 3.06. The smallest absolute Gasteiger partial charge is 0.187 e. The molecule has 3 aliphatic heterocycles. The van der Waals surface area contributed by atoms with Crippen LogP contribution in [0.25, 0.3) is 0 Å². The number of rotatable bonds is 14. The molecule has 7 aliphatic rings. The zero-order valence-corrected chi connectivity index (χ0v) is 39.1. The minimum Gasteiger partial charge on any atom is -0.394 e. The van der Waals surface area contributed by atoms with Crippen molar-refractivity contribution in [2.75, 3.05) is 19.8 Å². The average molecular weight is 899 g/mol. The van der Waals surface area contributed by atoms with E-state index in [0.29, 0.717) is 30.1 Å². The molecular formula is C48H82O15. The summed E-state index contributed by atoms with van der Waals surface area (Å²) in [5.41, 5.74) is 0.0843. The molecule has 9 N–H and O–H groups in total. The first-order valence-electron chi connectivity index (χ1n) is 24.1. The molecule has 364 valence electrons. The third-order valence-electron chi connectivity index (χ3n) is 18.2. The number of fused-ring (bicyclic) bond motifs is 5. The Hall–Kier alpha value is -0.860. The lowest BCUT2D eigenvalue weighted by Crippen LogP contribution is -2.60.